The summed E-state index contributed by atoms with van der Waals surface area (Å²) in [5, 5.41) is 2.06. The summed E-state index contributed by atoms with van der Waals surface area (Å²) in [6.07, 6.45) is 3.47. The molecule has 0 amide bonds. The molecule has 0 radical (unpaired) electrons. The molecule has 1 aromatic rings. The maximum absolute atomic E-state index is 4.31. The van der Waals surface area contributed by atoms with Crippen molar-refractivity contribution in [1.82, 2.24) is 0 Å². The highest BCUT2D eigenvalue weighted by atomic mass is 32.1. The molecule has 2 heteroatoms. The highest BCUT2D eigenvalue weighted by molar-refractivity contribution is 7.11. The fourth-order valence-corrected chi connectivity index (χ4v) is 2.07. The third-order valence-electron chi connectivity index (χ3n) is 1.93. The van der Waals surface area contributed by atoms with Gasteiger partial charge in [-0.1, -0.05) is 33.1 Å². The number of hydrogen-bond donors (Lipinski definition) is 0. The molecule has 0 aliphatic heterocycles. The van der Waals surface area contributed by atoms with Crippen molar-refractivity contribution in [2.45, 2.75) is 13.8 Å². The molecule has 0 N–H and O–H groups in total. The van der Waals surface area contributed by atoms with Gasteiger partial charge in [0.2, 0.25) is 0 Å². The Kier molecular flexibility index (Phi) is 3.84. The van der Waals surface area contributed by atoms with E-state index in [4.69, 9.17) is 0 Å². The molecule has 0 saturated heterocycles. The second kappa shape index (κ2) is 4.91. The molecule has 0 atom stereocenters. The van der Waals surface area contributed by atoms with Crippen LogP contribution >= 0.6 is 11.3 Å². The molecule has 0 aromatic carbocycles. The molecule has 1 heterocycles. The predicted molar refractivity (Wildman–Crippen MR) is 66.0 cm³/mol. The number of aliphatic imine (C=N–C) groups is 1. The lowest BCUT2D eigenvalue weighted by Gasteiger charge is -2.08. The molecule has 1 rings (SSSR count). The molecule has 74 valence electrons. The number of nitrogens with zero attached hydrogens (tertiary/aromatic N) is 1. The number of thiophene rings is 1. The van der Waals surface area contributed by atoms with Gasteiger partial charge in [-0.25, -0.2) is 0 Å². The van der Waals surface area contributed by atoms with Crippen LogP contribution in [0.4, 0.5) is 0 Å². The van der Waals surface area contributed by atoms with Gasteiger partial charge in [0.15, 0.2) is 0 Å². The SMILES string of the molecule is C=CN=C(c1ccsc1C=C)C(C)C. The molecular weight excluding hydrogens is 190 g/mol. The molecule has 1 aromatic heterocycles. The van der Waals surface area contributed by atoms with Crippen molar-refractivity contribution in [1.29, 1.82) is 0 Å². The summed E-state index contributed by atoms with van der Waals surface area (Å²) in [6.45, 7) is 11.7. The Morgan fingerprint density at radius 1 is 1.50 bits per heavy atom. The highest BCUT2D eigenvalue weighted by Gasteiger charge is 2.11. The van der Waals surface area contributed by atoms with Crippen LogP contribution in [0, 0.1) is 5.92 Å². The Hall–Kier alpha value is -1.15. The van der Waals surface area contributed by atoms with Gasteiger partial charge in [0.25, 0.3) is 0 Å². The summed E-state index contributed by atoms with van der Waals surface area (Å²) in [7, 11) is 0. The van der Waals surface area contributed by atoms with E-state index in [0.29, 0.717) is 5.92 Å². The lowest BCUT2D eigenvalue weighted by molar-refractivity contribution is 0.885. The summed E-state index contributed by atoms with van der Waals surface area (Å²) in [6, 6.07) is 2.09. The van der Waals surface area contributed by atoms with Gasteiger partial charge in [0.05, 0.1) is 5.71 Å². The first-order chi connectivity index (χ1) is 6.70. The second-order valence-corrected chi connectivity index (χ2v) is 4.20. The molecule has 0 saturated carbocycles. The molecule has 0 unspecified atom stereocenters. The molecule has 0 spiro atoms. The van der Waals surface area contributed by atoms with Gasteiger partial charge in [-0.15, -0.1) is 11.3 Å². The quantitative estimate of drug-likeness (QED) is 0.659. The van der Waals surface area contributed by atoms with Gasteiger partial charge in [-0.05, 0) is 17.4 Å². The maximum Gasteiger partial charge on any atom is 0.0515 e. The van der Waals surface area contributed by atoms with E-state index in [1.807, 2.05) is 6.08 Å². The van der Waals surface area contributed by atoms with Crippen LogP contribution in [0.15, 0.2) is 35.8 Å². The van der Waals surface area contributed by atoms with Crippen LogP contribution in [0.25, 0.3) is 6.08 Å². The van der Waals surface area contributed by atoms with Crippen molar-refractivity contribution in [3.8, 4) is 0 Å². The zero-order chi connectivity index (χ0) is 10.6. The topological polar surface area (TPSA) is 12.4 Å². The molecule has 1 nitrogen and oxygen atoms in total. The molecule has 0 aliphatic rings. The Morgan fingerprint density at radius 3 is 2.71 bits per heavy atom. The fourth-order valence-electron chi connectivity index (χ4n) is 1.32. The second-order valence-electron chi connectivity index (χ2n) is 3.25. The maximum atomic E-state index is 4.31. The van der Waals surface area contributed by atoms with Crippen LogP contribution in [0.5, 0.6) is 0 Å². The van der Waals surface area contributed by atoms with E-state index in [0.717, 1.165) is 5.71 Å². The normalized spacial score (nSPS) is 11.8. The third-order valence-corrected chi connectivity index (χ3v) is 2.85. The molecule has 14 heavy (non-hydrogen) atoms. The van der Waals surface area contributed by atoms with E-state index in [-0.39, 0.29) is 0 Å². The van der Waals surface area contributed by atoms with Crippen LogP contribution in [0.1, 0.15) is 24.3 Å². The number of hydrogen-bond acceptors (Lipinski definition) is 2. The van der Waals surface area contributed by atoms with Crippen LogP contribution in [-0.2, 0) is 0 Å². The van der Waals surface area contributed by atoms with E-state index >= 15 is 0 Å². The van der Waals surface area contributed by atoms with Gasteiger partial charge in [-0.3, -0.25) is 4.99 Å². The van der Waals surface area contributed by atoms with Crippen molar-refractivity contribution in [2.75, 3.05) is 0 Å². The lowest BCUT2D eigenvalue weighted by Crippen LogP contribution is -2.08. The first kappa shape index (κ1) is 10.9. The van der Waals surface area contributed by atoms with Crippen molar-refractivity contribution in [2.24, 2.45) is 10.9 Å². The van der Waals surface area contributed by atoms with Crippen LogP contribution in [0.2, 0.25) is 0 Å². The lowest BCUT2D eigenvalue weighted by atomic mass is 10.0. The van der Waals surface area contributed by atoms with E-state index in [9.17, 15) is 0 Å². The zero-order valence-corrected chi connectivity index (χ0v) is 9.47. The first-order valence-electron chi connectivity index (χ1n) is 4.59. The summed E-state index contributed by atoms with van der Waals surface area (Å²) in [5.41, 5.74) is 2.26. The predicted octanol–water partition coefficient (Wildman–Crippen LogP) is 3.98. The summed E-state index contributed by atoms with van der Waals surface area (Å²) in [5.74, 6) is 0.404. The van der Waals surface area contributed by atoms with Crippen molar-refractivity contribution in [3.05, 3.63) is 41.2 Å². The Morgan fingerprint density at radius 2 is 2.21 bits per heavy atom. The van der Waals surface area contributed by atoms with Crippen molar-refractivity contribution < 1.29 is 0 Å². The average molecular weight is 205 g/mol. The molecule has 0 aliphatic carbocycles. The Balaban J connectivity index is 3.17. The van der Waals surface area contributed by atoms with Crippen LogP contribution in [-0.4, -0.2) is 5.71 Å². The monoisotopic (exact) mass is 205 g/mol. The van der Waals surface area contributed by atoms with Crippen molar-refractivity contribution in [3.63, 3.8) is 0 Å². The largest absolute Gasteiger partial charge is 0.261 e. The zero-order valence-electron chi connectivity index (χ0n) is 8.66. The van der Waals surface area contributed by atoms with Crippen LogP contribution in [0.3, 0.4) is 0 Å². The van der Waals surface area contributed by atoms with E-state index in [2.05, 4.69) is 43.4 Å². The number of rotatable bonds is 4. The van der Waals surface area contributed by atoms with Crippen molar-refractivity contribution >= 4 is 23.1 Å². The standard InChI is InChI=1S/C12H15NS/c1-5-11-10(7-8-14-11)12(9(3)4)13-6-2/h5-9H,1-2H2,3-4H3. The summed E-state index contributed by atoms with van der Waals surface area (Å²) < 4.78 is 0. The van der Waals surface area contributed by atoms with E-state index in [1.54, 1.807) is 17.5 Å². The minimum atomic E-state index is 0.404. The Labute approximate surface area is 89.5 Å². The average Bonchev–Trinajstić information content (AvgIpc) is 2.61. The minimum Gasteiger partial charge on any atom is -0.261 e. The fraction of sp³-hybridized carbons (Fsp3) is 0.250. The van der Waals surface area contributed by atoms with E-state index < -0.39 is 0 Å². The molecule has 0 bridgehead atoms. The summed E-state index contributed by atoms with van der Waals surface area (Å²) in [4.78, 5) is 5.49. The molecule has 0 fully saturated rings. The summed E-state index contributed by atoms with van der Waals surface area (Å²) >= 11 is 1.69. The van der Waals surface area contributed by atoms with E-state index in [1.165, 1.54) is 10.4 Å². The first-order valence-corrected chi connectivity index (χ1v) is 5.47. The minimum absolute atomic E-state index is 0.404. The van der Waals surface area contributed by atoms with Gasteiger partial charge < -0.3 is 0 Å². The highest BCUT2D eigenvalue weighted by Crippen LogP contribution is 2.21. The molecular formula is C12H15NS. The Bertz CT molecular complexity index is 358. The van der Waals surface area contributed by atoms with Gasteiger partial charge in [0.1, 0.15) is 0 Å². The van der Waals surface area contributed by atoms with Gasteiger partial charge >= 0.3 is 0 Å². The third kappa shape index (κ3) is 2.20. The van der Waals surface area contributed by atoms with Gasteiger partial charge in [0, 0.05) is 16.6 Å². The smallest absolute Gasteiger partial charge is 0.0515 e. The van der Waals surface area contributed by atoms with Gasteiger partial charge in [-0.2, -0.15) is 0 Å². The van der Waals surface area contributed by atoms with Crippen LogP contribution < -0.4 is 0 Å².